The van der Waals surface area contributed by atoms with E-state index in [9.17, 15) is 4.79 Å². The standard InChI is InChI=1S/C17H23N3O3S/c1-4-18-7-8-19-16(21)10-13-11-24-17(20-13)12-5-6-14(22-2)15(9-12)23-3/h5-6,9,11,18H,4,7-8,10H2,1-3H3,(H,19,21). The predicted octanol–water partition coefficient (Wildman–Crippen LogP) is 2.10. The van der Waals surface area contributed by atoms with Gasteiger partial charge in [-0.1, -0.05) is 6.92 Å². The number of nitrogens with zero attached hydrogens (tertiary/aromatic N) is 1. The van der Waals surface area contributed by atoms with E-state index in [1.54, 1.807) is 14.2 Å². The van der Waals surface area contributed by atoms with Gasteiger partial charge in [-0.3, -0.25) is 4.79 Å². The molecule has 1 amide bonds. The molecule has 0 fully saturated rings. The lowest BCUT2D eigenvalue weighted by molar-refractivity contribution is -0.120. The van der Waals surface area contributed by atoms with Gasteiger partial charge in [0, 0.05) is 24.0 Å². The molecule has 2 rings (SSSR count). The molecular formula is C17H23N3O3S. The third-order valence-corrected chi connectivity index (χ3v) is 4.34. The molecular weight excluding hydrogens is 326 g/mol. The number of rotatable bonds is 9. The molecule has 130 valence electrons. The average Bonchev–Trinajstić information content (AvgIpc) is 3.06. The molecule has 0 radical (unpaired) electrons. The molecule has 0 spiro atoms. The third kappa shape index (κ3) is 4.94. The van der Waals surface area contributed by atoms with E-state index in [-0.39, 0.29) is 12.3 Å². The van der Waals surface area contributed by atoms with Gasteiger partial charge in [-0.2, -0.15) is 0 Å². The number of aromatic nitrogens is 1. The Labute approximate surface area is 146 Å². The van der Waals surface area contributed by atoms with E-state index in [1.165, 1.54) is 11.3 Å². The van der Waals surface area contributed by atoms with Crippen molar-refractivity contribution < 1.29 is 14.3 Å². The highest BCUT2D eigenvalue weighted by Crippen LogP contribution is 2.33. The normalized spacial score (nSPS) is 10.5. The van der Waals surface area contributed by atoms with Gasteiger partial charge in [0.05, 0.1) is 26.3 Å². The number of thiazole rings is 1. The highest BCUT2D eigenvalue weighted by atomic mass is 32.1. The summed E-state index contributed by atoms with van der Waals surface area (Å²) in [6.45, 7) is 4.33. The topological polar surface area (TPSA) is 72.5 Å². The number of amides is 1. The second-order valence-corrected chi connectivity index (χ2v) is 5.95. The maximum absolute atomic E-state index is 11.9. The number of ether oxygens (including phenoxy) is 2. The van der Waals surface area contributed by atoms with Gasteiger partial charge in [-0.25, -0.2) is 4.98 Å². The van der Waals surface area contributed by atoms with Crippen molar-refractivity contribution in [1.29, 1.82) is 0 Å². The molecule has 0 saturated carbocycles. The molecule has 24 heavy (non-hydrogen) atoms. The monoisotopic (exact) mass is 349 g/mol. The summed E-state index contributed by atoms with van der Waals surface area (Å²) in [7, 11) is 3.21. The molecule has 1 aromatic carbocycles. The highest BCUT2D eigenvalue weighted by Gasteiger charge is 2.11. The second-order valence-electron chi connectivity index (χ2n) is 5.09. The fourth-order valence-corrected chi connectivity index (χ4v) is 3.00. The van der Waals surface area contributed by atoms with Crippen LogP contribution in [0.5, 0.6) is 11.5 Å². The van der Waals surface area contributed by atoms with Gasteiger partial charge < -0.3 is 20.1 Å². The van der Waals surface area contributed by atoms with Crippen molar-refractivity contribution in [2.75, 3.05) is 33.9 Å². The van der Waals surface area contributed by atoms with Gasteiger partial charge in [0.1, 0.15) is 5.01 Å². The van der Waals surface area contributed by atoms with E-state index >= 15 is 0 Å². The molecule has 0 atom stereocenters. The van der Waals surface area contributed by atoms with Crippen LogP contribution < -0.4 is 20.1 Å². The van der Waals surface area contributed by atoms with Crippen LogP contribution in [0.2, 0.25) is 0 Å². The van der Waals surface area contributed by atoms with Gasteiger partial charge in [-0.15, -0.1) is 11.3 Å². The van der Waals surface area contributed by atoms with Crippen molar-refractivity contribution in [2.24, 2.45) is 0 Å². The summed E-state index contributed by atoms with van der Waals surface area (Å²) < 4.78 is 10.6. The molecule has 1 heterocycles. The first-order valence-corrected chi connectivity index (χ1v) is 8.70. The molecule has 7 heteroatoms. The number of nitrogens with one attached hydrogen (secondary N) is 2. The minimum atomic E-state index is -0.0166. The second kappa shape index (κ2) is 9.24. The molecule has 1 aromatic heterocycles. The maximum atomic E-state index is 11.9. The summed E-state index contributed by atoms with van der Waals surface area (Å²) in [4.78, 5) is 16.4. The van der Waals surface area contributed by atoms with Crippen LogP contribution in [0.3, 0.4) is 0 Å². The van der Waals surface area contributed by atoms with Crippen LogP contribution in [0.4, 0.5) is 0 Å². The Morgan fingerprint density at radius 3 is 2.71 bits per heavy atom. The first-order valence-electron chi connectivity index (χ1n) is 7.82. The number of methoxy groups -OCH3 is 2. The van der Waals surface area contributed by atoms with E-state index < -0.39 is 0 Å². The Bertz CT molecular complexity index is 673. The van der Waals surface area contributed by atoms with Crippen LogP contribution in [0, 0.1) is 0 Å². The number of likely N-dealkylation sites (N-methyl/N-ethyl adjacent to an activating group) is 1. The lowest BCUT2D eigenvalue weighted by Gasteiger charge is -2.08. The Hall–Kier alpha value is -2.12. The predicted molar refractivity (Wildman–Crippen MR) is 95.9 cm³/mol. The van der Waals surface area contributed by atoms with E-state index in [1.807, 2.05) is 30.5 Å². The molecule has 0 unspecified atom stereocenters. The van der Waals surface area contributed by atoms with Crippen molar-refractivity contribution in [1.82, 2.24) is 15.6 Å². The summed E-state index contributed by atoms with van der Waals surface area (Å²) in [5, 5.41) is 8.80. The third-order valence-electron chi connectivity index (χ3n) is 3.40. The van der Waals surface area contributed by atoms with Crippen molar-refractivity contribution in [3.8, 4) is 22.1 Å². The van der Waals surface area contributed by atoms with Crippen LogP contribution >= 0.6 is 11.3 Å². The summed E-state index contributed by atoms with van der Waals surface area (Å²) in [6, 6.07) is 5.67. The van der Waals surface area contributed by atoms with Crippen LogP contribution in [-0.4, -0.2) is 44.7 Å². The highest BCUT2D eigenvalue weighted by molar-refractivity contribution is 7.13. The summed E-state index contributed by atoms with van der Waals surface area (Å²) in [6.07, 6.45) is 0.288. The molecule has 0 bridgehead atoms. The van der Waals surface area contributed by atoms with Crippen molar-refractivity contribution in [3.63, 3.8) is 0 Å². The fourth-order valence-electron chi connectivity index (χ4n) is 2.18. The molecule has 0 aliphatic carbocycles. The summed E-state index contributed by atoms with van der Waals surface area (Å²) in [5.41, 5.74) is 1.71. The number of benzene rings is 1. The largest absolute Gasteiger partial charge is 0.493 e. The summed E-state index contributed by atoms with van der Waals surface area (Å²) in [5.74, 6) is 1.32. The van der Waals surface area contributed by atoms with E-state index in [0.717, 1.165) is 29.4 Å². The van der Waals surface area contributed by atoms with Crippen LogP contribution in [0.1, 0.15) is 12.6 Å². The first-order chi connectivity index (χ1) is 11.7. The average molecular weight is 349 g/mol. The molecule has 0 aliphatic rings. The SMILES string of the molecule is CCNCCNC(=O)Cc1csc(-c2ccc(OC)c(OC)c2)n1. The van der Waals surface area contributed by atoms with Gasteiger partial charge >= 0.3 is 0 Å². The smallest absolute Gasteiger partial charge is 0.226 e. The molecule has 2 aromatic rings. The molecule has 0 aliphatic heterocycles. The number of hydrogen-bond donors (Lipinski definition) is 2. The van der Waals surface area contributed by atoms with Crippen LogP contribution in [0.25, 0.3) is 10.6 Å². The van der Waals surface area contributed by atoms with Gasteiger partial charge in [-0.05, 0) is 24.7 Å². The van der Waals surface area contributed by atoms with E-state index in [0.29, 0.717) is 18.0 Å². The Balaban J connectivity index is 1.99. The zero-order valence-corrected chi connectivity index (χ0v) is 15.0. The number of hydrogen-bond acceptors (Lipinski definition) is 6. The van der Waals surface area contributed by atoms with Gasteiger partial charge in [0.15, 0.2) is 11.5 Å². The van der Waals surface area contributed by atoms with Crippen LogP contribution in [0.15, 0.2) is 23.6 Å². The molecule has 6 nitrogen and oxygen atoms in total. The van der Waals surface area contributed by atoms with Gasteiger partial charge in [0.25, 0.3) is 0 Å². The quantitative estimate of drug-likeness (QED) is 0.678. The Morgan fingerprint density at radius 1 is 1.21 bits per heavy atom. The lowest BCUT2D eigenvalue weighted by Crippen LogP contribution is -2.32. The summed E-state index contributed by atoms with van der Waals surface area (Å²) >= 11 is 1.51. The van der Waals surface area contributed by atoms with Gasteiger partial charge in [0.2, 0.25) is 5.91 Å². The molecule has 0 saturated heterocycles. The Morgan fingerprint density at radius 2 is 2.00 bits per heavy atom. The maximum Gasteiger partial charge on any atom is 0.226 e. The Kier molecular flexibility index (Phi) is 7.02. The van der Waals surface area contributed by atoms with E-state index in [4.69, 9.17) is 9.47 Å². The van der Waals surface area contributed by atoms with Crippen LogP contribution in [-0.2, 0) is 11.2 Å². The fraction of sp³-hybridized carbons (Fsp3) is 0.412. The molecule has 2 N–H and O–H groups in total. The van der Waals surface area contributed by atoms with Crippen molar-refractivity contribution >= 4 is 17.2 Å². The number of carbonyl (C=O) groups excluding carboxylic acids is 1. The van der Waals surface area contributed by atoms with Crippen molar-refractivity contribution in [3.05, 3.63) is 29.3 Å². The van der Waals surface area contributed by atoms with E-state index in [2.05, 4.69) is 15.6 Å². The van der Waals surface area contributed by atoms with Crippen molar-refractivity contribution in [2.45, 2.75) is 13.3 Å². The lowest BCUT2D eigenvalue weighted by atomic mass is 10.2. The first kappa shape index (κ1) is 18.2. The zero-order chi connectivity index (χ0) is 17.4. The number of carbonyl (C=O) groups is 1. The minimum Gasteiger partial charge on any atom is -0.493 e. The minimum absolute atomic E-state index is 0.0166. The zero-order valence-electron chi connectivity index (χ0n) is 14.2.